The summed E-state index contributed by atoms with van der Waals surface area (Å²) in [5, 5.41) is 24.2. The predicted octanol–water partition coefficient (Wildman–Crippen LogP) is 11.4. The molecule has 4 rings (SSSR count). The highest BCUT2D eigenvalue weighted by molar-refractivity contribution is 7.99. The van der Waals surface area contributed by atoms with Gasteiger partial charge in [0, 0.05) is 150 Å². The number of pyridine rings is 1. The lowest BCUT2D eigenvalue weighted by Crippen LogP contribution is -2.16. The summed E-state index contributed by atoms with van der Waals surface area (Å²) in [6.07, 6.45) is 29.0. The predicted molar refractivity (Wildman–Crippen MR) is 484 cm³/mol. The number of imidazole rings is 1. The van der Waals surface area contributed by atoms with Crippen molar-refractivity contribution in [1.29, 1.82) is 15.8 Å². The smallest absolute Gasteiger partial charge is 0.331 e. The van der Waals surface area contributed by atoms with Gasteiger partial charge in [-0.1, -0.05) is 85.9 Å². The minimum Gasteiger partial charge on any atom is -0.472 e. The monoisotopic (exact) mass is 1840 g/mol. The molecule has 1 atom stereocenters. The number of carbonyl (C=O) groups excluding carboxylic acids is 11. The minimum atomic E-state index is -0.685. The van der Waals surface area contributed by atoms with Gasteiger partial charge in [0.15, 0.2) is 11.9 Å². The fraction of sp³-hybridized carbons (Fsp3) is 0.451. The van der Waals surface area contributed by atoms with Crippen molar-refractivity contribution >= 4 is 83.4 Å². The molecule has 1 unspecified atom stereocenters. The zero-order valence-corrected chi connectivity index (χ0v) is 76.4. The van der Waals surface area contributed by atoms with Crippen molar-refractivity contribution < 1.29 is 142 Å². The molecule has 129 heavy (non-hydrogen) atoms. The Bertz CT molecular complexity index is 3510. The van der Waals surface area contributed by atoms with Crippen LogP contribution in [-0.2, 0) is 151 Å². The SMILES string of the molecule is C=CC(=O)CCCC#N.C=CC(=O)OC(C)C#N.C=CC(=O)OCCC#N.C=CC(=O)OCCOCC.C=CC(=O)OCCOCCOCC.C=CC(=O)OCCOCCOCCOC.C=CC(=O)OCCOCCOCCOCC.C=CC(=O)OCCSCC.C=CC(=O)OCc1ccncc1.C=CC(=O)OCc1ccoc1.C=CN1CCCC1=O.C=Cn1ccnc1. The fourth-order valence-electron chi connectivity index (χ4n) is 6.47. The number of aromatic nitrogens is 3. The van der Waals surface area contributed by atoms with Gasteiger partial charge < -0.3 is 99.1 Å². The number of unbranched alkanes of at least 4 members (excludes halogenated alkanes) is 1. The topological polar surface area (TPSA) is 472 Å². The number of esters is 9. The molecular weight excluding hydrogens is 1700 g/mol. The molecule has 0 N–H and O–H groups in total. The average Bonchev–Trinajstić information content (AvgIpc) is 1.78. The van der Waals surface area contributed by atoms with E-state index in [-0.39, 0.29) is 63.7 Å². The number of amides is 1. The maximum Gasteiger partial charge on any atom is 0.331 e. The lowest BCUT2D eigenvalue weighted by atomic mass is 10.2. The first-order chi connectivity index (χ1) is 62.3. The highest BCUT2D eigenvalue weighted by Gasteiger charge is 2.16. The number of rotatable bonds is 56. The molecule has 0 bridgehead atoms. The van der Waals surface area contributed by atoms with Gasteiger partial charge in [0.25, 0.3) is 0 Å². The molecule has 0 spiro atoms. The van der Waals surface area contributed by atoms with E-state index in [4.69, 9.17) is 86.5 Å². The van der Waals surface area contributed by atoms with E-state index < -0.39 is 53.9 Å². The maximum atomic E-state index is 10.7. The number of ether oxygens (including phenoxy) is 18. The van der Waals surface area contributed by atoms with E-state index in [0.29, 0.717) is 151 Å². The number of hydrogen-bond acceptors (Lipinski definition) is 36. The Morgan fingerprint density at radius 2 is 0.837 bits per heavy atom. The van der Waals surface area contributed by atoms with Crippen LogP contribution in [-0.4, -0.2) is 268 Å². The van der Waals surface area contributed by atoms with E-state index >= 15 is 0 Å². The summed E-state index contributed by atoms with van der Waals surface area (Å²) in [5.41, 5.74) is 1.75. The highest BCUT2D eigenvalue weighted by Crippen LogP contribution is 2.08. The van der Waals surface area contributed by atoms with Gasteiger partial charge >= 0.3 is 53.7 Å². The Hall–Kier alpha value is -12.7. The second-order valence-corrected chi connectivity index (χ2v) is 23.6. The van der Waals surface area contributed by atoms with Crippen molar-refractivity contribution in [3.63, 3.8) is 0 Å². The third-order valence-electron chi connectivity index (χ3n) is 12.6. The van der Waals surface area contributed by atoms with Crippen molar-refractivity contribution in [3.8, 4) is 18.2 Å². The second-order valence-electron chi connectivity index (χ2n) is 22.3. The van der Waals surface area contributed by atoms with Crippen molar-refractivity contribution in [2.45, 2.75) is 92.5 Å². The van der Waals surface area contributed by atoms with Crippen LogP contribution < -0.4 is 0 Å². The van der Waals surface area contributed by atoms with Gasteiger partial charge in [0.2, 0.25) is 5.91 Å². The summed E-state index contributed by atoms with van der Waals surface area (Å²) in [5.74, 6) is -1.75. The maximum absolute atomic E-state index is 10.7. The van der Waals surface area contributed by atoms with Crippen LogP contribution in [0.3, 0.4) is 0 Å². The normalized spacial score (nSPS) is 9.88. The van der Waals surface area contributed by atoms with E-state index in [0.717, 1.165) is 84.2 Å². The van der Waals surface area contributed by atoms with Crippen LogP contribution in [0.15, 0.2) is 212 Å². The molecule has 1 aliphatic heterocycles. The van der Waals surface area contributed by atoms with Crippen molar-refractivity contribution in [3.05, 3.63) is 219 Å². The standard InChI is InChI=1S/C11H20O5.C10H18O5.C9H9NO2.C9H16O4.C8H8O3.C7H9NO.C7H12O3.C7H12O2S.2C6H7NO2.C6H9NO.C5H6N2/c1-3-11(12)16-10-9-15-8-7-14-6-5-13-4-2;1-3-10(11)15-9-8-14-7-6-13-5-4-12-2;1-2-9(11)12-7-8-3-5-10-6-4-8;1-3-9(10)13-8-7-12-6-5-11-4-2;1-2-8(9)11-6-7-3-4-10-5-7;1-2-7(9)5-3-4-6-8;1-3-7(8)10-6-5-9-4-2;1-3-7(8)9-5-6-10-4-2;1-3-6(8)9-5(2)4-7;1-2-6(8)9-5-3-4-7;1-2-7-5-3-4-6(7)8;1-2-7-4-3-6-5-7/h3H,1,4-10H2,2H3;3H,1,4-9H2,2H3;2-6H,1,7H2;3H,1,4-8H2,2H3;2-5H,1,6H2;2H,1,3-5H2;2*3H,1,4-6H2,2H3;3,5H,1H2,2H3;2H,1,3,5H2;2H,1,3-5H2;2-5H,1H2. The molecule has 718 valence electrons. The van der Waals surface area contributed by atoms with E-state index in [1.165, 1.54) is 31.6 Å². The molecule has 1 aliphatic rings. The van der Waals surface area contributed by atoms with Gasteiger partial charge in [-0.05, 0) is 82.3 Å². The first kappa shape index (κ1) is 132. The molecule has 0 saturated carbocycles. The second kappa shape index (κ2) is 111. The van der Waals surface area contributed by atoms with Gasteiger partial charge in [-0.3, -0.25) is 14.6 Å². The van der Waals surface area contributed by atoms with Gasteiger partial charge in [-0.25, -0.2) is 48.1 Å². The molecule has 1 amide bonds. The van der Waals surface area contributed by atoms with E-state index in [9.17, 15) is 52.7 Å². The number of likely N-dealkylation sites (tertiary alicyclic amines) is 1. The number of carbonyl (C=O) groups is 11. The molecular formula is C91H133N7O30S. The number of thioether (sulfide) groups is 1. The van der Waals surface area contributed by atoms with Crippen LogP contribution in [0, 0.1) is 34.0 Å². The average molecular weight is 1840 g/mol. The third-order valence-corrected chi connectivity index (χ3v) is 13.5. The Morgan fingerprint density at radius 1 is 0.457 bits per heavy atom. The molecule has 38 heteroatoms. The summed E-state index contributed by atoms with van der Waals surface area (Å²) < 4.78 is 93.9. The molecule has 0 aromatic carbocycles. The zero-order chi connectivity index (χ0) is 98.5. The molecule has 1 fully saturated rings. The first-order valence-electron chi connectivity index (χ1n) is 39.9. The third kappa shape index (κ3) is 115. The Morgan fingerprint density at radius 3 is 1.15 bits per heavy atom. The van der Waals surface area contributed by atoms with E-state index in [1.807, 2.05) is 39.1 Å². The number of hydrogen-bond donors (Lipinski definition) is 0. The highest BCUT2D eigenvalue weighted by atomic mass is 32.2. The van der Waals surface area contributed by atoms with Gasteiger partial charge in [0.1, 0.15) is 58.9 Å². The number of furan rings is 1. The van der Waals surface area contributed by atoms with Crippen LogP contribution in [0.25, 0.3) is 6.20 Å². The summed E-state index contributed by atoms with van der Waals surface area (Å²) in [4.78, 5) is 125. The quantitative estimate of drug-likeness (QED) is 0.0219. The van der Waals surface area contributed by atoms with Gasteiger partial charge in [0.05, 0.1) is 130 Å². The number of methoxy groups -OCH3 is 1. The van der Waals surface area contributed by atoms with Crippen LogP contribution in [0.4, 0.5) is 0 Å². The molecule has 3 aromatic rings. The zero-order valence-electron chi connectivity index (χ0n) is 75.6. The van der Waals surface area contributed by atoms with Gasteiger partial charge in [-0.15, -0.1) is 0 Å². The Kier molecular flexibility index (Phi) is 114. The van der Waals surface area contributed by atoms with Crippen molar-refractivity contribution in [1.82, 2.24) is 19.4 Å². The lowest BCUT2D eigenvalue weighted by molar-refractivity contribution is -0.140. The largest absolute Gasteiger partial charge is 0.472 e. The first-order valence-corrected chi connectivity index (χ1v) is 41.0. The van der Waals surface area contributed by atoms with E-state index in [1.54, 1.807) is 89.9 Å². The van der Waals surface area contributed by atoms with Crippen LogP contribution in [0.1, 0.15) is 84.3 Å². The van der Waals surface area contributed by atoms with Crippen LogP contribution in [0.5, 0.6) is 0 Å². The number of ketones is 1. The molecule has 0 aliphatic carbocycles. The van der Waals surface area contributed by atoms with E-state index in [2.05, 4.69) is 115 Å². The Balaban J connectivity index is -0.000000208. The summed E-state index contributed by atoms with van der Waals surface area (Å²) in [7, 11) is 1.62. The molecule has 4 heterocycles. The number of nitriles is 3. The molecule has 3 aromatic heterocycles. The lowest BCUT2D eigenvalue weighted by Gasteiger charge is -2.06. The number of nitrogens with zero attached hydrogens (tertiary/aromatic N) is 7. The van der Waals surface area contributed by atoms with Crippen LogP contribution >= 0.6 is 11.8 Å². The summed E-state index contributed by atoms with van der Waals surface area (Å²) >= 11 is 1.75. The van der Waals surface area contributed by atoms with Crippen molar-refractivity contribution in [2.75, 3.05) is 177 Å². The van der Waals surface area contributed by atoms with Crippen LogP contribution in [0.2, 0.25) is 0 Å². The number of allylic oxidation sites excluding steroid dienone is 1. The molecule has 0 radical (unpaired) electrons. The molecule has 1 saturated heterocycles. The summed E-state index contributed by atoms with van der Waals surface area (Å²) in [6.45, 7) is 61.0. The molecule has 37 nitrogen and oxygen atoms in total. The van der Waals surface area contributed by atoms with Gasteiger partial charge in [-0.2, -0.15) is 27.5 Å². The minimum absolute atomic E-state index is 0.0188. The Labute approximate surface area is 764 Å². The fourth-order valence-corrected chi connectivity index (χ4v) is 6.96. The summed E-state index contributed by atoms with van der Waals surface area (Å²) in [6, 6.07) is 10.8. The van der Waals surface area contributed by atoms with Crippen molar-refractivity contribution in [2.24, 2.45) is 0 Å².